The highest BCUT2D eigenvalue weighted by Gasteiger charge is 2.31. The van der Waals surface area contributed by atoms with Gasteiger partial charge >= 0.3 is 5.97 Å². The van der Waals surface area contributed by atoms with Crippen LogP contribution in [0, 0.1) is 0 Å². The van der Waals surface area contributed by atoms with Crippen LogP contribution < -0.4 is 0 Å². The molecule has 0 bridgehead atoms. The third-order valence-electron chi connectivity index (χ3n) is 3.41. The van der Waals surface area contributed by atoms with Crippen LogP contribution in [-0.2, 0) is 11.3 Å². The Morgan fingerprint density at radius 1 is 1.32 bits per heavy atom. The monoisotopic (exact) mass is 259 g/mol. The van der Waals surface area contributed by atoms with Gasteiger partial charge in [-0.3, -0.25) is 4.79 Å². The number of carbonyl (C=O) groups is 1. The average Bonchev–Trinajstić information content (AvgIpc) is 2.82. The molecule has 98 valence electrons. The summed E-state index contributed by atoms with van der Waals surface area (Å²) in [4.78, 5) is 11.2. The normalized spacial score (nSPS) is 18.0. The number of hydrogen-bond donors (Lipinski definition) is 2. The maximum absolute atomic E-state index is 11.2. The molecule has 6 heteroatoms. The van der Waals surface area contributed by atoms with Gasteiger partial charge in [-0.25, -0.2) is 0 Å². The molecule has 3 rings (SSSR count). The van der Waals surface area contributed by atoms with Gasteiger partial charge in [0.25, 0.3) is 0 Å². The number of phenolic OH excluding ortho intramolecular Hbond substituents is 1. The number of nitrogens with zero attached hydrogens (tertiary/aromatic N) is 3. The van der Waals surface area contributed by atoms with Crippen LogP contribution in [0.3, 0.4) is 0 Å². The highest BCUT2D eigenvalue weighted by Crippen LogP contribution is 2.33. The predicted octanol–water partition coefficient (Wildman–Crippen LogP) is 1.61. The van der Waals surface area contributed by atoms with Gasteiger partial charge in [0.05, 0.1) is 5.56 Å². The van der Waals surface area contributed by atoms with E-state index in [1.54, 1.807) is 28.8 Å². The molecular weight excluding hydrogens is 246 g/mol. The molecule has 1 aromatic carbocycles. The lowest BCUT2D eigenvalue weighted by molar-refractivity contribution is -0.139. The van der Waals surface area contributed by atoms with Crippen molar-refractivity contribution in [1.29, 1.82) is 0 Å². The number of fused-ring (bicyclic) bond motifs is 1. The number of para-hydroxylation sites is 1. The molecule has 0 amide bonds. The second-order valence-electron chi connectivity index (χ2n) is 4.58. The summed E-state index contributed by atoms with van der Waals surface area (Å²) in [7, 11) is 0. The molecule has 1 aliphatic rings. The van der Waals surface area contributed by atoms with Gasteiger partial charge in [-0.1, -0.05) is 12.1 Å². The number of hydrogen-bond acceptors (Lipinski definition) is 4. The number of aromatic nitrogens is 3. The fraction of sp³-hybridized carbons (Fsp3) is 0.308. The lowest BCUT2D eigenvalue weighted by atomic mass is 9.99. The fourth-order valence-electron chi connectivity index (χ4n) is 2.47. The van der Waals surface area contributed by atoms with E-state index in [2.05, 4.69) is 10.2 Å². The topological polar surface area (TPSA) is 88.2 Å². The fourth-order valence-corrected chi connectivity index (χ4v) is 2.47. The van der Waals surface area contributed by atoms with Crippen LogP contribution in [0.25, 0.3) is 11.4 Å². The summed E-state index contributed by atoms with van der Waals surface area (Å²) in [5.41, 5.74) is 0.576. The van der Waals surface area contributed by atoms with E-state index in [4.69, 9.17) is 0 Å². The van der Waals surface area contributed by atoms with Crippen molar-refractivity contribution in [1.82, 2.24) is 14.8 Å². The Labute approximate surface area is 109 Å². The number of carboxylic acids is 1. The summed E-state index contributed by atoms with van der Waals surface area (Å²) < 4.78 is 1.79. The quantitative estimate of drug-likeness (QED) is 0.855. The summed E-state index contributed by atoms with van der Waals surface area (Å²) >= 11 is 0. The van der Waals surface area contributed by atoms with Gasteiger partial charge in [0.15, 0.2) is 5.82 Å². The smallest absolute Gasteiger partial charge is 0.314 e. The van der Waals surface area contributed by atoms with Crippen LogP contribution >= 0.6 is 0 Å². The molecule has 0 aliphatic carbocycles. The molecule has 1 atom stereocenters. The molecular formula is C13H13N3O3. The molecule has 1 aromatic heterocycles. The number of rotatable bonds is 2. The van der Waals surface area contributed by atoms with Crippen LogP contribution in [0.2, 0.25) is 0 Å². The molecule has 0 saturated carbocycles. The molecule has 1 aliphatic heterocycles. The Morgan fingerprint density at radius 3 is 2.84 bits per heavy atom. The molecule has 6 nitrogen and oxygen atoms in total. The van der Waals surface area contributed by atoms with Crippen molar-refractivity contribution in [3.63, 3.8) is 0 Å². The molecule has 2 heterocycles. The Kier molecular flexibility index (Phi) is 2.70. The third kappa shape index (κ3) is 1.85. The Bertz CT molecular complexity index is 636. The summed E-state index contributed by atoms with van der Waals surface area (Å²) in [6, 6.07) is 6.85. The first-order valence-corrected chi connectivity index (χ1v) is 6.12. The molecule has 2 N–H and O–H groups in total. The maximum Gasteiger partial charge on any atom is 0.314 e. The second kappa shape index (κ2) is 4.38. The summed E-state index contributed by atoms with van der Waals surface area (Å²) in [5, 5.41) is 27.1. The number of carboxylic acid groups (broad SMARTS) is 1. The molecule has 1 unspecified atom stereocenters. The minimum Gasteiger partial charge on any atom is -0.507 e. The average molecular weight is 259 g/mol. The van der Waals surface area contributed by atoms with Crippen molar-refractivity contribution < 1.29 is 15.0 Å². The van der Waals surface area contributed by atoms with Crippen LogP contribution in [-0.4, -0.2) is 30.9 Å². The summed E-state index contributed by atoms with van der Waals surface area (Å²) in [5.74, 6) is -0.371. The van der Waals surface area contributed by atoms with E-state index in [1.807, 2.05) is 0 Å². The standard InChI is InChI=1S/C13H13N3O3/c17-10-6-2-1-4-8(10)11-14-15-12-9(13(18)19)5-3-7-16(11)12/h1-2,4,6,9,17H,3,5,7H2,(H,18,19). The molecule has 0 saturated heterocycles. The highest BCUT2D eigenvalue weighted by atomic mass is 16.4. The Morgan fingerprint density at radius 2 is 2.11 bits per heavy atom. The summed E-state index contributed by atoms with van der Waals surface area (Å²) in [6.45, 7) is 0.676. The van der Waals surface area contributed by atoms with Gasteiger partial charge in [0, 0.05) is 6.54 Å². The highest BCUT2D eigenvalue weighted by molar-refractivity contribution is 5.75. The first kappa shape index (κ1) is 11.7. The largest absolute Gasteiger partial charge is 0.507 e. The van der Waals surface area contributed by atoms with Gasteiger partial charge in [-0.15, -0.1) is 10.2 Å². The summed E-state index contributed by atoms with van der Waals surface area (Å²) in [6.07, 6.45) is 1.34. The Hall–Kier alpha value is -2.37. The van der Waals surface area contributed by atoms with Gasteiger partial charge in [-0.05, 0) is 25.0 Å². The molecule has 19 heavy (non-hydrogen) atoms. The minimum atomic E-state index is -0.878. The van der Waals surface area contributed by atoms with Crippen molar-refractivity contribution >= 4 is 5.97 Å². The zero-order chi connectivity index (χ0) is 13.4. The molecule has 0 fully saturated rings. The van der Waals surface area contributed by atoms with Crippen molar-refractivity contribution in [3.8, 4) is 17.1 Å². The number of benzene rings is 1. The van der Waals surface area contributed by atoms with Crippen molar-refractivity contribution in [2.24, 2.45) is 0 Å². The first-order chi connectivity index (χ1) is 9.18. The van der Waals surface area contributed by atoms with Crippen molar-refractivity contribution in [2.75, 3.05) is 0 Å². The van der Waals surface area contributed by atoms with Crippen molar-refractivity contribution in [2.45, 2.75) is 25.3 Å². The zero-order valence-corrected chi connectivity index (χ0v) is 10.2. The van der Waals surface area contributed by atoms with Crippen LogP contribution in [0.5, 0.6) is 5.75 Å². The minimum absolute atomic E-state index is 0.121. The predicted molar refractivity (Wildman–Crippen MR) is 66.7 cm³/mol. The first-order valence-electron chi connectivity index (χ1n) is 6.12. The van der Waals surface area contributed by atoms with Crippen LogP contribution in [0.1, 0.15) is 24.6 Å². The van der Waals surface area contributed by atoms with Crippen LogP contribution in [0.15, 0.2) is 24.3 Å². The second-order valence-corrected chi connectivity index (χ2v) is 4.58. The van der Waals surface area contributed by atoms with Crippen LogP contribution in [0.4, 0.5) is 0 Å². The lowest BCUT2D eigenvalue weighted by Gasteiger charge is -2.20. The number of phenols is 1. The molecule has 0 radical (unpaired) electrons. The molecule has 0 spiro atoms. The SMILES string of the molecule is O=C(O)C1CCCn2c(-c3ccccc3O)nnc21. The van der Waals surface area contributed by atoms with E-state index >= 15 is 0 Å². The van der Waals surface area contributed by atoms with E-state index in [1.165, 1.54) is 0 Å². The lowest BCUT2D eigenvalue weighted by Crippen LogP contribution is -2.22. The molecule has 2 aromatic rings. The van der Waals surface area contributed by atoms with E-state index < -0.39 is 11.9 Å². The zero-order valence-electron chi connectivity index (χ0n) is 10.2. The van der Waals surface area contributed by atoms with Gasteiger partial charge in [0.1, 0.15) is 17.5 Å². The van der Waals surface area contributed by atoms with E-state index in [9.17, 15) is 15.0 Å². The number of aromatic hydroxyl groups is 1. The van der Waals surface area contributed by atoms with Gasteiger partial charge in [-0.2, -0.15) is 0 Å². The third-order valence-corrected chi connectivity index (χ3v) is 3.41. The van der Waals surface area contributed by atoms with E-state index in [0.29, 0.717) is 30.2 Å². The van der Waals surface area contributed by atoms with Gasteiger partial charge < -0.3 is 14.8 Å². The maximum atomic E-state index is 11.2. The van der Waals surface area contributed by atoms with Gasteiger partial charge in [0.2, 0.25) is 0 Å². The van der Waals surface area contributed by atoms with E-state index in [-0.39, 0.29) is 5.75 Å². The van der Waals surface area contributed by atoms with Crippen molar-refractivity contribution in [3.05, 3.63) is 30.1 Å². The van der Waals surface area contributed by atoms with E-state index in [0.717, 1.165) is 6.42 Å². The number of aliphatic carboxylic acids is 1. The Balaban J connectivity index is 2.11.